The van der Waals surface area contributed by atoms with E-state index >= 15 is 0 Å². The smallest absolute Gasteiger partial charge is 0.329 e. The summed E-state index contributed by atoms with van der Waals surface area (Å²) in [5, 5.41) is -0.00214. The fraction of sp³-hybridized carbons (Fsp3) is 0.619. The fourth-order valence-corrected chi connectivity index (χ4v) is 4.62. The van der Waals surface area contributed by atoms with Crippen LogP contribution >= 0.6 is 11.8 Å². The lowest BCUT2D eigenvalue weighted by Crippen LogP contribution is -2.46. The first-order valence-corrected chi connectivity index (χ1v) is 10.9. The van der Waals surface area contributed by atoms with E-state index in [-0.39, 0.29) is 17.3 Å². The fourth-order valence-electron chi connectivity index (χ4n) is 3.18. The highest BCUT2D eigenvalue weighted by atomic mass is 32.2. The number of esters is 1. The highest BCUT2D eigenvalue weighted by Gasteiger charge is 2.43. The lowest BCUT2D eigenvalue weighted by atomic mass is 10.1. The molecular formula is C21H31NO4S. The van der Waals surface area contributed by atoms with Crippen molar-refractivity contribution >= 4 is 23.6 Å². The van der Waals surface area contributed by atoms with Gasteiger partial charge in [0.1, 0.15) is 11.8 Å². The van der Waals surface area contributed by atoms with Crippen LogP contribution in [0.3, 0.4) is 0 Å². The monoisotopic (exact) mass is 393 g/mol. The number of methoxy groups -OCH3 is 1. The van der Waals surface area contributed by atoms with E-state index in [0.717, 1.165) is 38.5 Å². The van der Waals surface area contributed by atoms with Gasteiger partial charge in [0.05, 0.1) is 24.7 Å². The van der Waals surface area contributed by atoms with Crippen molar-refractivity contribution < 1.29 is 19.1 Å². The first-order chi connectivity index (χ1) is 13.1. The lowest BCUT2D eigenvalue weighted by Gasteiger charge is -2.29. The molecule has 2 rings (SSSR count). The average molecular weight is 394 g/mol. The van der Waals surface area contributed by atoms with Crippen LogP contribution in [0.15, 0.2) is 24.3 Å². The minimum atomic E-state index is -0.532. The molecule has 1 aliphatic rings. The third-order valence-electron chi connectivity index (χ3n) is 4.73. The largest absolute Gasteiger partial charge is 0.496 e. The van der Waals surface area contributed by atoms with E-state index in [1.807, 2.05) is 12.1 Å². The van der Waals surface area contributed by atoms with Gasteiger partial charge in [-0.15, -0.1) is 11.8 Å². The third kappa shape index (κ3) is 5.64. The molecule has 1 aromatic carbocycles. The molecule has 1 heterocycles. The van der Waals surface area contributed by atoms with Gasteiger partial charge in [-0.05, 0) is 25.0 Å². The second-order valence-electron chi connectivity index (χ2n) is 6.73. The number of ether oxygens (including phenoxy) is 2. The second-order valence-corrected chi connectivity index (χ2v) is 7.94. The molecule has 0 saturated carbocycles. The van der Waals surface area contributed by atoms with Gasteiger partial charge in [-0.3, -0.25) is 4.79 Å². The van der Waals surface area contributed by atoms with Crippen LogP contribution in [0, 0.1) is 0 Å². The number of hydrogen-bond donors (Lipinski definition) is 0. The third-order valence-corrected chi connectivity index (χ3v) is 6.09. The maximum Gasteiger partial charge on any atom is 0.329 e. The quantitative estimate of drug-likeness (QED) is 0.433. The maximum absolute atomic E-state index is 13.3. The normalized spacial score (nSPS) is 19.1. The molecule has 0 bridgehead atoms. The number of amides is 1. The first-order valence-electron chi connectivity index (χ1n) is 9.87. The first kappa shape index (κ1) is 21.6. The van der Waals surface area contributed by atoms with Crippen LogP contribution in [0.25, 0.3) is 0 Å². The number of carbonyl (C=O) groups is 2. The van der Waals surface area contributed by atoms with Crippen LogP contribution in [-0.4, -0.2) is 47.7 Å². The van der Waals surface area contributed by atoms with Gasteiger partial charge in [0.15, 0.2) is 0 Å². The van der Waals surface area contributed by atoms with Gasteiger partial charge in [-0.25, -0.2) is 4.79 Å². The van der Waals surface area contributed by atoms with E-state index in [4.69, 9.17) is 9.47 Å². The minimum absolute atomic E-state index is 0.00214. The van der Waals surface area contributed by atoms with E-state index in [2.05, 4.69) is 13.8 Å². The van der Waals surface area contributed by atoms with Crippen LogP contribution in [0.5, 0.6) is 5.75 Å². The Labute approximate surface area is 166 Å². The van der Waals surface area contributed by atoms with Crippen molar-refractivity contribution in [2.75, 3.05) is 19.5 Å². The number of para-hydroxylation sites is 1. The number of hydrogen-bond acceptors (Lipinski definition) is 5. The summed E-state index contributed by atoms with van der Waals surface area (Å²) in [5.74, 6) is 0.668. The number of benzene rings is 1. The van der Waals surface area contributed by atoms with Crippen molar-refractivity contribution in [3.05, 3.63) is 29.8 Å². The Hall–Kier alpha value is -1.69. The van der Waals surface area contributed by atoms with E-state index in [9.17, 15) is 9.59 Å². The number of unbranched alkanes of at least 4 members (excludes halogenated alkanes) is 3. The number of thioether (sulfide) groups is 1. The molecular weight excluding hydrogens is 362 g/mol. The molecule has 1 aliphatic heterocycles. The van der Waals surface area contributed by atoms with Gasteiger partial charge in [-0.1, -0.05) is 51.7 Å². The standard InChI is InChI=1S/C21H31NO4S/c1-4-6-8-13-19-22(17(15-27-19)21(24)26-14-7-5-2)20(23)16-11-9-10-12-18(16)25-3/h9-12,17,19H,4-8,13-15H2,1-3H3. The zero-order valence-corrected chi connectivity index (χ0v) is 17.4. The zero-order valence-electron chi connectivity index (χ0n) is 16.6. The van der Waals surface area contributed by atoms with Gasteiger partial charge in [0.2, 0.25) is 0 Å². The zero-order chi connectivity index (χ0) is 19.6. The number of nitrogens with zero attached hydrogens (tertiary/aromatic N) is 1. The van der Waals surface area contributed by atoms with Gasteiger partial charge in [-0.2, -0.15) is 0 Å². The van der Waals surface area contributed by atoms with Crippen molar-refractivity contribution in [2.24, 2.45) is 0 Å². The molecule has 0 spiro atoms. The average Bonchev–Trinajstić information content (AvgIpc) is 3.11. The lowest BCUT2D eigenvalue weighted by molar-refractivity contribution is -0.148. The second kappa shape index (κ2) is 11.2. The van der Waals surface area contributed by atoms with Crippen molar-refractivity contribution in [2.45, 2.75) is 63.8 Å². The number of rotatable bonds is 10. The van der Waals surface area contributed by atoms with E-state index in [1.165, 1.54) is 0 Å². The highest BCUT2D eigenvalue weighted by molar-refractivity contribution is 8.00. The van der Waals surface area contributed by atoms with Crippen LogP contribution in [-0.2, 0) is 9.53 Å². The van der Waals surface area contributed by atoms with Crippen molar-refractivity contribution in [1.82, 2.24) is 4.90 Å². The summed E-state index contributed by atoms with van der Waals surface area (Å²) in [7, 11) is 1.56. The predicted molar refractivity (Wildman–Crippen MR) is 109 cm³/mol. The molecule has 0 N–H and O–H groups in total. The van der Waals surface area contributed by atoms with Crippen molar-refractivity contribution in [1.29, 1.82) is 0 Å². The molecule has 1 amide bonds. The molecule has 150 valence electrons. The van der Waals surface area contributed by atoms with Gasteiger partial charge in [0, 0.05) is 5.75 Å². The van der Waals surface area contributed by atoms with Gasteiger partial charge in [0.25, 0.3) is 5.91 Å². The molecule has 0 aliphatic carbocycles. The summed E-state index contributed by atoms with van der Waals surface area (Å²) in [6.07, 6.45) is 5.99. The van der Waals surface area contributed by atoms with Gasteiger partial charge >= 0.3 is 5.97 Å². The van der Waals surface area contributed by atoms with Gasteiger partial charge < -0.3 is 14.4 Å². The van der Waals surface area contributed by atoms with Crippen LogP contribution < -0.4 is 4.74 Å². The van der Waals surface area contributed by atoms with E-state index in [0.29, 0.717) is 23.7 Å². The molecule has 1 fully saturated rings. The Kier molecular flexibility index (Phi) is 8.98. The topological polar surface area (TPSA) is 55.8 Å². The molecule has 2 atom stereocenters. The molecule has 1 aromatic rings. The summed E-state index contributed by atoms with van der Waals surface area (Å²) < 4.78 is 10.8. The van der Waals surface area contributed by atoms with E-state index in [1.54, 1.807) is 35.9 Å². The molecule has 6 heteroatoms. The predicted octanol–water partition coefficient (Wildman–Crippen LogP) is 4.50. The van der Waals surface area contributed by atoms with E-state index < -0.39 is 6.04 Å². The summed E-state index contributed by atoms with van der Waals surface area (Å²) in [6, 6.07) is 6.66. The summed E-state index contributed by atoms with van der Waals surface area (Å²) >= 11 is 1.68. The molecule has 1 saturated heterocycles. The Bertz CT molecular complexity index is 622. The van der Waals surface area contributed by atoms with Crippen molar-refractivity contribution in [3.63, 3.8) is 0 Å². The molecule has 27 heavy (non-hydrogen) atoms. The maximum atomic E-state index is 13.3. The molecule has 2 unspecified atom stereocenters. The Morgan fingerprint density at radius 3 is 2.59 bits per heavy atom. The Morgan fingerprint density at radius 1 is 1.15 bits per heavy atom. The minimum Gasteiger partial charge on any atom is -0.496 e. The molecule has 0 aromatic heterocycles. The van der Waals surface area contributed by atoms with Crippen LogP contribution in [0.2, 0.25) is 0 Å². The summed E-state index contributed by atoms with van der Waals surface area (Å²) in [5.41, 5.74) is 0.495. The molecule has 0 radical (unpaired) electrons. The van der Waals surface area contributed by atoms with Crippen LogP contribution in [0.4, 0.5) is 0 Å². The Balaban J connectivity index is 2.21. The summed E-state index contributed by atoms with van der Waals surface area (Å²) in [4.78, 5) is 27.7. The highest BCUT2D eigenvalue weighted by Crippen LogP contribution is 2.35. The number of carbonyl (C=O) groups excluding carboxylic acids is 2. The van der Waals surface area contributed by atoms with Crippen LogP contribution in [0.1, 0.15) is 62.7 Å². The van der Waals surface area contributed by atoms with Crippen molar-refractivity contribution in [3.8, 4) is 5.75 Å². The Morgan fingerprint density at radius 2 is 1.89 bits per heavy atom. The summed E-state index contributed by atoms with van der Waals surface area (Å²) in [6.45, 7) is 4.63. The SMILES string of the molecule is CCCCCC1SCC(C(=O)OCCCC)N1C(=O)c1ccccc1OC. The molecule has 5 nitrogen and oxygen atoms in total.